The lowest BCUT2D eigenvalue weighted by Crippen LogP contribution is -2.11. The standard InChI is InChI=1S/C12H13N3O3/c1-2-15-7-8(6-13-15)14-12(18)10-4-3-9(16)5-11(10)17/h3-7,16-17H,2H2,1H3,(H,14,18). The minimum Gasteiger partial charge on any atom is -0.508 e. The van der Waals surface area contributed by atoms with Gasteiger partial charge in [0, 0.05) is 18.8 Å². The number of hydrogen-bond donors (Lipinski definition) is 3. The Morgan fingerprint density at radius 1 is 1.44 bits per heavy atom. The highest BCUT2D eigenvalue weighted by molar-refractivity contribution is 6.06. The highest BCUT2D eigenvalue weighted by Crippen LogP contribution is 2.23. The molecule has 0 spiro atoms. The number of phenolic OH excluding ortho intramolecular Hbond substituents is 2. The van der Waals surface area contributed by atoms with Gasteiger partial charge >= 0.3 is 0 Å². The average molecular weight is 247 g/mol. The molecule has 1 aromatic heterocycles. The summed E-state index contributed by atoms with van der Waals surface area (Å²) in [5.41, 5.74) is 0.645. The molecule has 0 aliphatic carbocycles. The second-order valence-corrected chi connectivity index (χ2v) is 3.74. The number of anilines is 1. The van der Waals surface area contributed by atoms with Crippen molar-refractivity contribution < 1.29 is 15.0 Å². The normalized spacial score (nSPS) is 10.3. The highest BCUT2D eigenvalue weighted by atomic mass is 16.3. The summed E-state index contributed by atoms with van der Waals surface area (Å²) in [6.07, 6.45) is 3.22. The predicted octanol–water partition coefficient (Wildman–Crippen LogP) is 1.57. The van der Waals surface area contributed by atoms with Crippen LogP contribution in [0.2, 0.25) is 0 Å². The van der Waals surface area contributed by atoms with Crippen LogP contribution in [0.25, 0.3) is 0 Å². The number of carbonyl (C=O) groups is 1. The second kappa shape index (κ2) is 4.79. The third-order valence-corrected chi connectivity index (χ3v) is 2.44. The van der Waals surface area contributed by atoms with Crippen LogP contribution in [-0.2, 0) is 6.54 Å². The van der Waals surface area contributed by atoms with Gasteiger partial charge in [-0.15, -0.1) is 0 Å². The number of aromatic nitrogens is 2. The van der Waals surface area contributed by atoms with Gasteiger partial charge in [-0.2, -0.15) is 5.10 Å². The molecular formula is C12H13N3O3. The van der Waals surface area contributed by atoms with Gasteiger partial charge in [-0.1, -0.05) is 0 Å². The summed E-state index contributed by atoms with van der Waals surface area (Å²) in [5, 5.41) is 25.3. The molecule has 1 aromatic carbocycles. The van der Waals surface area contributed by atoms with Crippen molar-refractivity contribution in [1.29, 1.82) is 0 Å². The van der Waals surface area contributed by atoms with E-state index in [-0.39, 0.29) is 17.1 Å². The Hall–Kier alpha value is -2.50. The number of benzene rings is 1. The quantitative estimate of drug-likeness (QED) is 0.768. The van der Waals surface area contributed by atoms with Crippen molar-refractivity contribution in [3.05, 3.63) is 36.2 Å². The van der Waals surface area contributed by atoms with E-state index in [0.29, 0.717) is 12.2 Å². The molecule has 0 aliphatic rings. The van der Waals surface area contributed by atoms with Crippen molar-refractivity contribution in [2.24, 2.45) is 0 Å². The van der Waals surface area contributed by atoms with Gasteiger partial charge in [0.1, 0.15) is 11.5 Å². The molecule has 0 saturated heterocycles. The fraction of sp³-hybridized carbons (Fsp3) is 0.167. The summed E-state index contributed by atoms with van der Waals surface area (Å²) < 4.78 is 1.67. The molecule has 6 heteroatoms. The van der Waals surface area contributed by atoms with E-state index in [4.69, 9.17) is 5.11 Å². The Bertz CT molecular complexity index is 578. The smallest absolute Gasteiger partial charge is 0.259 e. The first-order valence-electron chi connectivity index (χ1n) is 5.46. The van der Waals surface area contributed by atoms with Gasteiger partial charge in [0.05, 0.1) is 17.4 Å². The summed E-state index contributed by atoms with van der Waals surface area (Å²) in [4.78, 5) is 11.9. The zero-order valence-electron chi connectivity index (χ0n) is 9.79. The van der Waals surface area contributed by atoms with Crippen LogP contribution in [-0.4, -0.2) is 25.9 Å². The van der Waals surface area contributed by atoms with Crippen molar-refractivity contribution in [3.63, 3.8) is 0 Å². The summed E-state index contributed by atoms with van der Waals surface area (Å²) in [5.74, 6) is -0.818. The number of hydrogen-bond acceptors (Lipinski definition) is 4. The molecule has 0 atom stereocenters. The number of carbonyl (C=O) groups excluding carboxylic acids is 1. The van der Waals surface area contributed by atoms with Crippen LogP contribution in [0.5, 0.6) is 11.5 Å². The third kappa shape index (κ3) is 2.42. The molecule has 0 unspecified atom stereocenters. The molecule has 1 heterocycles. The van der Waals surface area contributed by atoms with Gasteiger partial charge in [0.25, 0.3) is 5.91 Å². The fourth-order valence-corrected chi connectivity index (χ4v) is 1.51. The number of aryl methyl sites for hydroxylation is 1. The van der Waals surface area contributed by atoms with Crippen molar-refractivity contribution in [3.8, 4) is 11.5 Å². The third-order valence-electron chi connectivity index (χ3n) is 2.44. The molecule has 0 radical (unpaired) electrons. The molecule has 0 bridgehead atoms. The molecular weight excluding hydrogens is 234 g/mol. The van der Waals surface area contributed by atoms with Gasteiger partial charge in [-0.25, -0.2) is 0 Å². The summed E-state index contributed by atoms with van der Waals surface area (Å²) in [6, 6.07) is 3.80. The first kappa shape index (κ1) is 12.0. The molecule has 6 nitrogen and oxygen atoms in total. The SMILES string of the molecule is CCn1cc(NC(=O)c2ccc(O)cc2O)cn1. The number of phenols is 2. The summed E-state index contributed by atoms with van der Waals surface area (Å²) in [7, 11) is 0. The van der Waals surface area contributed by atoms with Gasteiger partial charge < -0.3 is 15.5 Å². The molecule has 2 aromatic rings. The number of nitrogens with zero attached hydrogens (tertiary/aromatic N) is 2. The van der Waals surface area contributed by atoms with Crippen LogP contribution >= 0.6 is 0 Å². The fourth-order valence-electron chi connectivity index (χ4n) is 1.51. The molecule has 94 valence electrons. The lowest BCUT2D eigenvalue weighted by molar-refractivity contribution is 0.102. The number of rotatable bonds is 3. The summed E-state index contributed by atoms with van der Waals surface area (Å²) >= 11 is 0. The van der Waals surface area contributed by atoms with E-state index in [1.807, 2.05) is 6.92 Å². The molecule has 18 heavy (non-hydrogen) atoms. The second-order valence-electron chi connectivity index (χ2n) is 3.74. The molecule has 1 amide bonds. The Balaban J connectivity index is 2.16. The molecule has 3 N–H and O–H groups in total. The van der Waals surface area contributed by atoms with E-state index in [9.17, 15) is 9.90 Å². The zero-order valence-corrected chi connectivity index (χ0v) is 9.79. The van der Waals surface area contributed by atoms with E-state index in [1.165, 1.54) is 18.3 Å². The van der Waals surface area contributed by atoms with Crippen LogP contribution in [0.15, 0.2) is 30.6 Å². The first-order valence-corrected chi connectivity index (χ1v) is 5.46. The monoisotopic (exact) mass is 247 g/mol. The Labute approximate surface area is 103 Å². The van der Waals surface area contributed by atoms with Crippen LogP contribution in [0, 0.1) is 0 Å². The van der Waals surface area contributed by atoms with E-state index in [2.05, 4.69) is 10.4 Å². The Kier molecular flexibility index (Phi) is 3.18. The number of amides is 1. The predicted molar refractivity (Wildman–Crippen MR) is 65.6 cm³/mol. The van der Waals surface area contributed by atoms with Crippen LogP contribution in [0.3, 0.4) is 0 Å². The maximum atomic E-state index is 11.9. The van der Waals surface area contributed by atoms with E-state index in [0.717, 1.165) is 6.07 Å². The number of nitrogens with one attached hydrogen (secondary N) is 1. The lowest BCUT2D eigenvalue weighted by Gasteiger charge is -2.05. The molecule has 2 rings (SSSR count). The first-order chi connectivity index (χ1) is 8.60. The summed E-state index contributed by atoms with van der Waals surface area (Å²) in [6.45, 7) is 2.64. The van der Waals surface area contributed by atoms with Gasteiger partial charge in [0.2, 0.25) is 0 Å². The molecule has 0 aliphatic heterocycles. The van der Waals surface area contributed by atoms with Crippen molar-refractivity contribution >= 4 is 11.6 Å². The van der Waals surface area contributed by atoms with E-state index < -0.39 is 5.91 Å². The maximum absolute atomic E-state index is 11.9. The van der Waals surface area contributed by atoms with Gasteiger partial charge in [-0.05, 0) is 19.1 Å². The van der Waals surface area contributed by atoms with Crippen LogP contribution in [0.4, 0.5) is 5.69 Å². The van der Waals surface area contributed by atoms with Crippen molar-refractivity contribution in [2.75, 3.05) is 5.32 Å². The Morgan fingerprint density at radius 2 is 2.22 bits per heavy atom. The minimum atomic E-state index is -0.455. The Morgan fingerprint density at radius 3 is 2.83 bits per heavy atom. The van der Waals surface area contributed by atoms with Crippen LogP contribution in [0.1, 0.15) is 17.3 Å². The van der Waals surface area contributed by atoms with Crippen LogP contribution < -0.4 is 5.32 Å². The molecule has 0 fully saturated rings. The molecule has 0 saturated carbocycles. The van der Waals surface area contributed by atoms with Gasteiger partial charge in [0.15, 0.2) is 0 Å². The average Bonchev–Trinajstić information content (AvgIpc) is 2.76. The van der Waals surface area contributed by atoms with Crippen molar-refractivity contribution in [1.82, 2.24) is 9.78 Å². The van der Waals surface area contributed by atoms with Crippen molar-refractivity contribution in [2.45, 2.75) is 13.5 Å². The lowest BCUT2D eigenvalue weighted by atomic mass is 10.2. The highest BCUT2D eigenvalue weighted by Gasteiger charge is 2.12. The minimum absolute atomic E-state index is 0.0945. The van der Waals surface area contributed by atoms with Gasteiger partial charge in [-0.3, -0.25) is 9.48 Å². The van der Waals surface area contributed by atoms with E-state index in [1.54, 1.807) is 10.9 Å². The zero-order chi connectivity index (χ0) is 13.1. The number of aromatic hydroxyl groups is 2. The topological polar surface area (TPSA) is 87.4 Å². The maximum Gasteiger partial charge on any atom is 0.259 e. The largest absolute Gasteiger partial charge is 0.508 e. The van der Waals surface area contributed by atoms with E-state index >= 15 is 0 Å².